The molecule has 0 aromatic carbocycles. The van der Waals surface area contributed by atoms with Crippen molar-refractivity contribution < 1.29 is 13.2 Å². The molecular weight excluding hydrogens is 230 g/mol. The Bertz CT molecular complexity index is 288. The van der Waals surface area contributed by atoms with Crippen LogP contribution in [0.4, 0.5) is 0 Å². The minimum absolute atomic E-state index is 0.0947. The normalized spacial score (nSPS) is 20.9. The first-order chi connectivity index (χ1) is 7.56. The van der Waals surface area contributed by atoms with E-state index in [2.05, 4.69) is 10.0 Å². The summed E-state index contributed by atoms with van der Waals surface area (Å²) >= 11 is 0. The zero-order valence-corrected chi connectivity index (χ0v) is 10.7. The van der Waals surface area contributed by atoms with Crippen LogP contribution in [0.3, 0.4) is 0 Å². The molecule has 1 aliphatic heterocycles. The summed E-state index contributed by atoms with van der Waals surface area (Å²) in [6.45, 7) is 7.13. The highest BCUT2D eigenvalue weighted by molar-refractivity contribution is 7.87. The lowest BCUT2D eigenvalue weighted by molar-refractivity contribution is 0.0796. The van der Waals surface area contributed by atoms with Gasteiger partial charge in [0.25, 0.3) is 10.2 Å². The van der Waals surface area contributed by atoms with Gasteiger partial charge in [-0.2, -0.15) is 17.4 Å². The summed E-state index contributed by atoms with van der Waals surface area (Å²) in [6, 6.07) is 0. The van der Waals surface area contributed by atoms with Gasteiger partial charge >= 0.3 is 0 Å². The van der Waals surface area contributed by atoms with Crippen LogP contribution < -0.4 is 10.0 Å². The van der Waals surface area contributed by atoms with Crippen LogP contribution in [0.5, 0.6) is 0 Å². The van der Waals surface area contributed by atoms with Crippen molar-refractivity contribution in [3.8, 4) is 0 Å². The van der Waals surface area contributed by atoms with E-state index in [1.54, 1.807) is 0 Å². The second-order valence-corrected chi connectivity index (χ2v) is 5.52. The molecule has 1 heterocycles. The van der Waals surface area contributed by atoms with E-state index in [0.29, 0.717) is 39.3 Å². The third-order valence-electron chi connectivity index (χ3n) is 2.42. The molecule has 0 aliphatic carbocycles. The SMILES string of the molecule is CCOC(C)CNS(=O)(=O)N1CCNCC1. The fourth-order valence-corrected chi connectivity index (χ4v) is 2.83. The Morgan fingerprint density at radius 1 is 1.44 bits per heavy atom. The average Bonchev–Trinajstić information content (AvgIpc) is 2.28. The van der Waals surface area contributed by atoms with E-state index in [1.165, 1.54) is 4.31 Å². The summed E-state index contributed by atoms with van der Waals surface area (Å²) in [5.41, 5.74) is 0. The Hall–Kier alpha value is -0.210. The first-order valence-corrected chi connectivity index (χ1v) is 7.07. The van der Waals surface area contributed by atoms with Gasteiger partial charge in [-0.3, -0.25) is 0 Å². The van der Waals surface area contributed by atoms with Crippen molar-refractivity contribution in [3.05, 3.63) is 0 Å². The van der Waals surface area contributed by atoms with Crippen LogP contribution in [-0.2, 0) is 14.9 Å². The largest absolute Gasteiger partial charge is 0.377 e. The maximum Gasteiger partial charge on any atom is 0.279 e. The van der Waals surface area contributed by atoms with E-state index in [-0.39, 0.29) is 6.10 Å². The number of hydrogen-bond acceptors (Lipinski definition) is 4. The van der Waals surface area contributed by atoms with Crippen LogP contribution in [0.1, 0.15) is 13.8 Å². The van der Waals surface area contributed by atoms with E-state index in [0.717, 1.165) is 0 Å². The number of hydrogen-bond donors (Lipinski definition) is 2. The molecule has 2 N–H and O–H groups in total. The highest BCUT2D eigenvalue weighted by Crippen LogP contribution is 2.00. The molecule has 0 aromatic heterocycles. The van der Waals surface area contributed by atoms with Gasteiger partial charge < -0.3 is 10.1 Å². The molecule has 6 nitrogen and oxygen atoms in total. The van der Waals surface area contributed by atoms with Gasteiger partial charge in [-0.25, -0.2) is 0 Å². The predicted molar refractivity (Wildman–Crippen MR) is 62.5 cm³/mol. The molecule has 1 aliphatic rings. The molecule has 0 aromatic rings. The highest BCUT2D eigenvalue weighted by Gasteiger charge is 2.23. The van der Waals surface area contributed by atoms with Gasteiger partial charge in [-0.15, -0.1) is 0 Å². The average molecular weight is 251 g/mol. The van der Waals surface area contributed by atoms with E-state index in [4.69, 9.17) is 4.74 Å². The molecular formula is C9H21N3O3S. The molecule has 16 heavy (non-hydrogen) atoms. The third kappa shape index (κ3) is 4.34. The van der Waals surface area contributed by atoms with Crippen LogP contribution in [-0.4, -0.2) is 58.2 Å². The Labute approximate surface area is 97.5 Å². The number of piperazine rings is 1. The van der Waals surface area contributed by atoms with Crippen molar-refractivity contribution in [3.63, 3.8) is 0 Å². The fourth-order valence-electron chi connectivity index (χ4n) is 1.54. The molecule has 0 radical (unpaired) electrons. The van der Waals surface area contributed by atoms with Gasteiger partial charge in [0.05, 0.1) is 6.10 Å². The molecule has 7 heteroatoms. The number of nitrogens with zero attached hydrogens (tertiary/aromatic N) is 1. The zero-order valence-electron chi connectivity index (χ0n) is 9.90. The van der Waals surface area contributed by atoms with Crippen LogP contribution in [0.15, 0.2) is 0 Å². The molecule has 0 amide bonds. The van der Waals surface area contributed by atoms with E-state index < -0.39 is 10.2 Å². The molecule has 0 spiro atoms. The highest BCUT2D eigenvalue weighted by atomic mass is 32.2. The second-order valence-electron chi connectivity index (χ2n) is 3.77. The number of nitrogens with one attached hydrogen (secondary N) is 2. The Balaban J connectivity index is 2.38. The van der Waals surface area contributed by atoms with Crippen molar-refractivity contribution in [1.82, 2.24) is 14.3 Å². The van der Waals surface area contributed by atoms with E-state index in [9.17, 15) is 8.42 Å². The van der Waals surface area contributed by atoms with Gasteiger partial charge in [-0.05, 0) is 13.8 Å². The minimum atomic E-state index is -3.33. The Kier molecular flexibility index (Phi) is 5.63. The fraction of sp³-hybridized carbons (Fsp3) is 1.00. The van der Waals surface area contributed by atoms with Crippen LogP contribution >= 0.6 is 0 Å². The van der Waals surface area contributed by atoms with Crippen molar-refractivity contribution >= 4 is 10.2 Å². The van der Waals surface area contributed by atoms with E-state index >= 15 is 0 Å². The van der Waals surface area contributed by atoms with Gasteiger partial charge in [0, 0.05) is 39.3 Å². The summed E-state index contributed by atoms with van der Waals surface area (Å²) in [5, 5.41) is 3.11. The van der Waals surface area contributed by atoms with Crippen molar-refractivity contribution in [1.29, 1.82) is 0 Å². The monoisotopic (exact) mass is 251 g/mol. The lowest BCUT2D eigenvalue weighted by Crippen LogP contribution is -2.51. The quantitative estimate of drug-likeness (QED) is 0.645. The predicted octanol–water partition coefficient (Wildman–Crippen LogP) is -0.849. The van der Waals surface area contributed by atoms with E-state index in [1.807, 2.05) is 13.8 Å². The maximum absolute atomic E-state index is 11.8. The van der Waals surface area contributed by atoms with Crippen molar-refractivity contribution in [2.45, 2.75) is 20.0 Å². The van der Waals surface area contributed by atoms with Gasteiger partial charge in [0.2, 0.25) is 0 Å². The van der Waals surface area contributed by atoms with Gasteiger partial charge in [-0.1, -0.05) is 0 Å². The Morgan fingerprint density at radius 2 is 2.06 bits per heavy atom. The number of rotatable bonds is 6. The van der Waals surface area contributed by atoms with Crippen molar-refractivity contribution in [2.75, 3.05) is 39.3 Å². The maximum atomic E-state index is 11.8. The molecule has 96 valence electrons. The summed E-state index contributed by atoms with van der Waals surface area (Å²) in [7, 11) is -3.33. The summed E-state index contributed by atoms with van der Waals surface area (Å²) in [4.78, 5) is 0. The molecule has 1 rings (SSSR count). The molecule has 1 saturated heterocycles. The molecule has 0 saturated carbocycles. The summed E-state index contributed by atoms with van der Waals surface area (Å²) < 4.78 is 32.9. The molecule has 1 fully saturated rings. The summed E-state index contributed by atoms with van der Waals surface area (Å²) in [6.07, 6.45) is -0.0947. The summed E-state index contributed by atoms with van der Waals surface area (Å²) in [5.74, 6) is 0. The van der Waals surface area contributed by atoms with Crippen LogP contribution in [0.2, 0.25) is 0 Å². The lowest BCUT2D eigenvalue weighted by Gasteiger charge is -2.27. The molecule has 1 atom stereocenters. The smallest absolute Gasteiger partial charge is 0.279 e. The zero-order chi connectivity index (χ0) is 12.0. The second kappa shape index (κ2) is 6.51. The van der Waals surface area contributed by atoms with Crippen LogP contribution in [0, 0.1) is 0 Å². The Morgan fingerprint density at radius 3 is 2.62 bits per heavy atom. The first kappa shape index (κ1) is 13.9. The van der Waals surface area contributed by atoms with Crippen LogP contribution in [0.25, 0.3) is 0 Å². The minimum Gasteiger partial charge on any atom is -0.377 e. The van der Waals surface area contributed by atoms with Gasteiger partial charge in [0.15, 0.2) is 0 Å². The van der Waals surface area contributed by atoms with Gasteiger partial charge in [0.1, 0.15) is 0 Å². The third-order valence-corrected chi connectivity index (χ3v) is 4.00. The molecule has 0 bridgehead atoms. The molecule has 1 unspecified atom stereocenters. The first-order valence-electron chi connectivity index (χ1n) is 5.63. The standard InChI is InChI=1S/C9H21N3O3S/c1-3-15-9(2)8-11-16(13,14)12-6-4-10-5-7-12/h9-11H,3-8H2,1-2H3. The van der Waals surface area contributed by atoms with Crippen molar-refractivity contribution in [2.24, 2.45) is 0 Å². The lowest BCUT2D eigenvalue weighted by atomic mass is 10.4. The topological polar surface area (TPSA) is 70.7 Å². The number of ether oxygens (including phenoxy) is 1.